The fourth-order valence-electron chi connectivity index (χ4n) is 2.68. The Balaban J connectivity index is 2.12. The van der Waals surface area contributed by atoms with Crippen molar-refractivity contribution in [3.05, 3.63) is 29.3 Å². The summed E-state index contributed by atoms with van der Waals surface area (Å²) >= 11 is 0. The van der Waals surface area contributed by atoms with Gasteiger partial charge in [0.2, 0.25) is 5.91 Å². The first kappa shape index (κ1) is 12.9. The second-order valence-electron chi connectivity index (χ2n) is 4.95. The fourth-order valence-corrected chi connectivity index (χ4v) is 2.68. The minimum Gasteiger partial charge on any atom is -0.398 e. The molecule has 4 nitrogen and oxygen atoms in total. The molecule has 1 aromatic rings. The highest BCUT2D eigenvalue weighted by Crippen LogP contribution is 2.24. The monoisotopic (exact) mass is 247 g/mol. The average molecular weight is 247 g/mol. The Hall–Kier alpha value is -1.55. The number of nitrogens with two attached hydrogens (primary N) is 2. The highest BCUT2D eigenvalue weighted by atomic mass is 16.1. The molecule has 1 heterocycles. The van der Waals surface area contributed by atoms with Crippen molar-refractivity contribution in [2.75, 3.05) is 12.3 Å². The topological polar surface area (TPSA) is 72.3 Å². The molecule has 1 aliphatic rings. The first-order chi connectivity index (χ1) is 8.61. The molecule has 1 aliphatic heterocycles. The van der Waals surface area contributed by atoms with Gasteiger partial charge in [0.15, 0.2) is 0 Å². The fraction of sp³-hybridized carbons (Fsp3) is 0.500. The van der Waals surface area contributed by atoms with Crippen LogP contribution in [0.3, 0.4) is 0 Å². The summed E-state index contributed by atoms with van der Waals surface area (Å²) in [5, 5.41) is 0. The molecule has 18 heavy (non-hydrogen) atoms. The SMILES string of the molecule is CCC1CCCN1Cc1ccc(C(N)=O)cc1N. The lowest BCUT2D eigenvalue weighted by molar-refractivity contribution is 0.100. The summed E-state index contributed by atoms with van der Waals surface area (Å²) in [6, 6.07) is 6.01. The molecule has 4 heteroatoms. The number of primary amides is 1. The number of anilines is 1. The molecule has 2 rings (SSSR count). The smallest absolute Gasteiger partial charge is 0.248 e. The van der Waals surface area contributed by atoms with Crippen LogP contribution in [0.1, 0.15) is 42.1 Å². The van der Waals surface area contributed by atoms with Crippen LogP contribution in [0.2, 0.25) is 0 Å². The zero-order chi connectivity index (χ0) is 13.1. The van der Waals surface area contributed by atoms with Crippen molar-refractivity contribution >= 4 is 11.6 Å². The molecule has 1 amide bonds. The molecule has 0 spiro atoms. The van der Waals surface area contributed by atoms with Crippen LogP contribution in [-0.4, -0.2) is 23.4 Å². The molecule has 0 radical (unpaired) electrons. The maximum atomic E-state index is 11.1. The lowest BCUT2D eigenvalue weighted by Gasteiger charge is -2.24. The summed E-state index contributed by atoms with van der Waals surface area (Å²) in [6.45, 7) is 4.22. The van der Waals surface area contributed by atoms with Crippen LogP contribution in [0.5, 0.6) is 0 Å². The maximum Gasteiger partial charge on any atom is 0.248 e. The molecule has 0 bridgehead atoms. The van der Waals surface area contributed by atoms with Gasteiger partial charge in [-0.05, 0) is 43.5 Å². The molecule has 0 saturated carbocycles. The van der Waals surface area contributed by atoms with Gasteiger partial charge in [-0.1, -0.05) is 13.0 Å². The molecule has 0 aliphatic carbocycles. The van der Waals surface area contributed by atoms with E-state index in [0.717, 1.165) is 18.7 Å². The van der Waals surface area contributed by atoms with Gasteiger partial charge in [0, 0.05) is 23.8 Å². The zero-order valence-electron chi connectivity index (χ0n) is 10.9. The van der Waals surface area contributed by atoms with Gasteiger partial charge in [0.25, 0.3) is 0 Å². The van der Waals surface area contributed by atoms with Gasteiger partial charge in [0.1, 0.15) is 0 Å². The summed E-state index contributed by atoms with van der Waals surface area (Å²) < 4.78 is 0. The maximum absolute atomic E-state index is 11.1. The van der Waals surface area contributed by atoms with Crippen molar-refractivity contribution in [2.45, 2.75) is 38.8 Å². The number of hydrogen-bond donors (Lipinski definition) is 2. The summed E-state index contributed by atoms with van der Waals surface area (Å²) in [5.41, 5.74) is 13.4. The number of hydrogen-bond acceptors (Lipinski definition) is 3. The molecule has 1 aromatic carbocycles. The van der Waals surface area contributed by atoms with E-state index in [1.807, 2.05) is 6.07 Å². The second-order valence-corrected chi connectivity index (χ2v) is 4.95. The van der Waals surface area contributed by atoms with E-state index in [9.17, 15) is 4.79 Å². The number of carbonyl (C=O) groups is 1. The largest absolute Gasteiger partial charge is 0.398 e. The van der Waals surface area contributed by atoms with Crippen LogP contribution in [0.15, 0.2) is 18.2 Å². The van der Waals surface area contributed by atoms with Crippen LogP contribution in [0.4, 0.5) is 5.69 Å². The number of nitrogen functional groups attached to an aromatic ring is 1. The van der Waals surface area contributed by atoms with E-state index in [4.69, 9.17) is 11.5 Å². The highest BCUT2D eigenvalue weighted by molar-refractivity contribution is 5.93. The molecular weight excluding hydrogens is 226 g/mol. The van der Waals surface area contributed by atoms with Crippen molar-refractivity contribution in [3.63, 3.8) is 0 Å². The Bertz CT molecular complexity index is 445. The predicted octanol–water partition coefficient (Wildman–Crippen LogP) is 1.74. The summed E-state index contributed by atoms with van der Waals surface area (Å²) in [5.74, 6) is -0.430. The van der Waals surface area contributed by atoms with Gasteiger partial charge in [-0.2, -0.15) is 0 Å². The Morgan fingerprint density at radius 1 is 1.50 bits per heavy atom. The normalized spacial score (nSPS) is 20.2. The van der Waals surface area contributed by atoms with Crippen molar-refractivity contribution < 1.29 is 4.79 Å². The molecule has 4 N–H and O–H groups in total. The Labute approximate surface area is 108 Å². The number of nitrogens with zero attached hydrogens (tertiary/aromatic N) is 1. The first-order valence-corrected chi connectivity index (χ1v) is 6.54. The van der Waals surface area contributed by atoms with Crippen LogP contribution >= 0.6 is 0 Å². The van der Waals surface area contributed by atoms with E-state index in [0.29, 0.717) is 17.3 Å². The summed E-state index contributed by atoms with van der Waals surface area (Å²) in [4.78, 5) is 13.5. The van der Waals surface area contributed by atoms with Gasteiger partial charge in [-0.3, -0.25) is 9.69 Å². The number of benzene rings is 1. The van der Waals surface area contributed by atoms with E-state index in [1.165, 1.54) is 19.3 Å². The third-order valence-electron chi connectivity index (χ3n) is 3.77. The molecular formula is C14H21N3O. The third kappa shape index (κ3) is 2.64. The lowest BCUT2D eigenvalue weighted by Crippen LogP contribution is -2.28. The Kier molecular flexibility index (Phi) is 3.87. The predicted molar refractivity (Wildman–Crippen MR) is 73.1 cm³/mol. The van der Waals surface area contributed by atoms with Gasteiger partial charge in [0.05, 0.1) is 0 Å². The van der Waals surface area contributed by atoms with E-state index >= 15 is 0 Å². The number of carbonyl (C=O) groups excluding carboxylic acids is 1. The summed E-state index contributed by atoms with van der Waals surface area (Å²) in [6.07, 6.45) is 3.72. The second kappa shape index (κ2) is 5.40. The van der Waals surface area contributed by atoms with Crippen LogP contribution < -0.4 is 11.5 Å². The van der Waals surface area contributed by atoms with E-state index < -0.39 is 5.91 Å². The van der Waals surface area contributed by atoms with E-state index in [1.54, 1.807) is 12.1 Å². The van der Waals surface area contributed by atoms with E-state index in [-0.39, 0.29) is 0 Å². The number of likely N-dealkylation sites (tertiary alicyclic amines) is 1. The van der Waals surface area contributed by atoms with Crippen molar-refractivity contribution in [3.8, 4) is 0 Å². The molecule has 98 valence electrons. The Morgan fingerprint density at radius 2 is 2.28 bits per heavy atom. The van der Waals surface area contributed by atoms with E-state index in [2.05, 4.69) is 11.8 Å². The molecule has 1 fully saturated rings. The van der Waals surface area contributed by atoms with Gasteiger partial charge >= 0.3 is 0 Å². The van der Waals surface area contributed by atoms with Crippen molar-refractivity contribution in [1.82, 2.24) is 4.90 Å². The van der Waals surface area contributed by atoms with Crippen molar-refractivity contribution in [2.24, 2.45) is 5.73 Å². The van der Waals surface area contributed by atoms with Gasteiger partial charge in [-0.15, -0.1) is 0 Å². The minimum absolute atomic E-state index is 0.430. The van der Waals surface area contributed by atoms with Crippen LogP contribution in [0, 0.1) is 0 Å². The zero-order valence-corrected chi connectivity index (χ0v) is 10.9. The first-order valence-electron chi connectivity index (χ1n) is 6.54. The molecule has 1 unspecified atom stereocenters. The number of rotatable bonds is 4. The van der Waals surface area contributed by atoms with Gasteiger partial charge in [-0.25, -0.2) is 0 Å². The van der Waals surface area contributed by atoms with Crippen molar-refractivity contribution in [1.29, 1.82) is 0 Å². The van der Waals surface area contributed by atoms with Crippen LogP contribution in [-0.2, 0) is 6.54 Å². The molecule has 0 aromatic heterocycles. The average Bonchev–Trinajstić information content (AvgIpc) is 2.78. The third-order valence-corrected chi connectivity index (χ3v) is 3.77. The Morgan fingerprint density at radius 3 is 2.89 bits per heavy atom. The molecule has 1 atom stereocenters. The summed E-state index contributed by atoms with van der Waals surface area (Å²) in [7, 11) is 0. The number of amides is 1. The molecule has 1 saturated heterocycles. The quantitative estimate of drug-likeness (QED) is 0.796. The van der Waals surface area contributed by atoms with Gasteiger partial charge < -0.3 is 11.5 Å². The minimum atomic E-state index is -0.430. The van der Waals surface area contributed by atoms with Crippen LogP contribution in [0.25, 0.3) is 0 Å². The standard InChI is InChI=1S/C14H21N3O/c1-2-12-4-3-7-17(12)9-11-6-5-10(14(16)18)8-13(11)15/h5-6,8,12H,2-4,7,9,15H2,1H3,(H2,16,18). The lowest BCUT2D eigenvalue weighted by atomic mass is 10.1. The highest BCUT2D eigenvalue weighted by Gasteiger charge is 2.23.